The summed E-state index contributed by atoms with van der Waals surface area (Å²) in [7, 11) is 0. The molecule has 0 radical (unpaired) electrons. The minimum atomic E-state index is -1.43. The second-order valence-corrected chi connectivity index (χ2v) is 2.89. The molecule has 0 bridgehead atoms. The quantitative estimate of drug-likeness (QED) is 0.719. The molecule has 0 fully saturated rings. The number of benzene rings is 1. The Morgan fingerprint density at radius 3 is 2.50 bits per heavy atom. The van der Waals surface area contributed by atoms with Gasteiger partial charge < -0.3 is 10.8 Å². The summed E-state index contributed by atoms with van der Waals surface area (Å²) in [6, 6.07) is 1.85. The second-order valence-electron chi connectivity index (χ2n) is 2.89. The number of nitrogens with two attached hydrogens (primary N) is 1. The average molecular weight is 198 g/mol. The van der Waals surface area contributed by atoms with Gasteiger partial charge in [0.25, 0.3) is 0 Å². The van der Waals surface area contributed by atoms with Crippen molar-refractivity contribution < 1.29 is 13.9 Å². The van der Waals surface area contributed by atoms with Crippen molar-refractivity contribution in [2.45, 2.75) is 13.0 Å². The molecule has 0 heterocycles. The number of rotatable bonds is 1. The van der Waals surface area contributed by atoms with Gasteiger partial charge in [0.1, 0.15) is 6.07 Å². The Balaban J connectivity index is 3.50. The predicted molar refractivity (Wildman–Crippen MR) is 45.3 cm³/mol. The molecule has 1 rings (SSSR count). The first-order valence-electron chi connectivity index (χ1n) is 3.85. The van der Waals surface area contributed by atoms with Crippen molar-refractivity contribution in [2.24, 2.45) is 5.73 Å². The van der Waals surface area contributed by atoms with Gasteiger partial charge in [0.2, 0.25) is 5.82 Å². The molecule has 0 unspecified atom stereocenters. The van der Waals surface area contributed by atoms with Crippen LogP contribution in [-0.4, -0.2) is 5.11 Å². The van der Waals surface area contributed by atoms with Crippen molar-refractivity contribution in [1.29, 1.82) is 5.26 Å². The zero-order valence-corrected chi connectivity index (χ0v) is 7.38. The number of halogens is 2. The summed E-state index contributed by atoms with van der Waals surface area (Å²) in [6.45, 7) is 1.49. The fraction of sp³-hybridized carbons (Fsp3) is 0.222. The van der Waals surface area contributed by atoms with Crippen molar-refractivity contribution in [1.82, 2.24) is 0 Å². The van der Waals surface area contributed by atoms with Crippen LogP contribution in [0.5, 0.6) is 5.75 Å². The Morgan fingerprint density at radius 1 is 1.50 bits per heavy atom. The third-order valence-corrected chi connectivity index (χ3v) is 1.82. The van der Waals surface area contributed by atoms with E-state index in [4.69, 9.17) is 16.1 Å². The van der Waals surface area contributed by atoms with Crippen LogP contribution in [0.3, 0.4) is 0 Å². The van der Waals surface area contributed by atoms with E-state index in [1.165, 1.54) is 13.0 Å². The highest BCUT2D eigenvalue weighted by molar-refractivity contribution is 5.44. The van der Waals surface area contributed by atoms with Crippen LogP contribution < -0.4 is 5.73 Å². The van der Waals surface area contributed by atoms with E-state index in [9.17, 15) is 8.78 Å². The normalized spacial score (nSPS) is 12.2. The first-order chi connectivity index (χ1) is 6.49. The summed E-state index contributed by atoms with van der Waals surface area (Å²) >= 11 is 0. The van der Waals surface area contributed by atoms with Crippen molar-refractivity contribution in [2.75, 3.05) is 0 Å². The molecule has 0 aromatic heterocycles. The molecule has 1 atom stereocenters. The van der Waals surface area contributed by atoms with Crippen LogP contribution >= 0.6 is 0 Å². The van der Waals surface area contributed by atoms with Gasteiger partial charge in [-0.25, -0.2) is 4.39 Å². The molecular formula is C9H8F2N2O. The van der Waals surface area contributed by atoms with Crippen LogP contribution in [0.25, 0.3) is 0 Å². The van der Waals surface area contributed by atoms with Crippen LogP contribution in [0, 0.1) is 23.0 Å². The number of nitriles is 1. The number of phenols is 1. The summed E-state index contributed by atoms with van der Waals surface area (Å²) in [6.07, 6.45) is 0. The van der Waals surface area contributed by atoms with E-state index < -0.39 is 29.0 Å². The zero-order chi connectivity index (χ0) is 10.9. The Bertz CT molecular complexity index is 410. The summed E-state index contributed by atoms with van der Waals surface area (Å²) in [5.74, 6) is -3.62. The van der Waals surface area contributed by atoms with E-state index in [0.29, 0.717) is 0 Å². The molecule has 5 heteroatoms. The van der Waals surface area contributed by atoms with E-state index >= 15 is 0 Å². The summed E-state index contributed by atoms with van der Waals surface area (Å²) in [5.41, 5.74) is 4.95. The van der Waals surface area contributed by atoms with Crippen molar-refractivity contribution in [3.63, 3.8) is 0 Å². The van der Waals surface area contributed by atoms with Crippen molar-refractivity contribution in [3.8, 4) is 11.8 Å². The molecule has 0 saturated heterocycles. The average Bonchev–Trinajstić information content (AvgIpc) is 2.14. The first kappa shape index (κ1) is 10.4. The third kappa shape index (κ3) is 1.52. The predicted octanol–water partition coefficient (Wildman–Crippen LogP) is 1.56. The molecule has 0 aliphatic heterocycles. The van der Waals surface area contributed by atoms with Gasteiger partial charge in [-0.05, 0) is 13.0 Å². The van der Waals surface area contributed by atoms with E-state index in [2.05, 4.69) is 0 Å². The third-order valence-electron chi connectivity index (χ3n) is 1.82. The van der Waals surface area contributed by atoms with E-state index in [-0.39, 0.29) is 5.56 Å². The fourth-order valence-electron chi connectivity index (χ4n) is 1.06. The smallest absolute Gasteiger partial charge is 0.202 e. The Morgan fingerprint density at radius 2 is 2.07 bits per heavy atom. The van der Waals surface area contributed by atoms with Crippen molar-refractivity contribution in [3.05, 3.63) is 28.8 Å². The molecule has 3 N–H and O–H groups in total. The zero-order valence-electron chi connectivity index (χ0n) is 7.38. The standard InChI is InChI=1S/C9H8F2N2O/c1-4(13)6-2-5(3-12)7(10)8(11)9(6)14/h2,4,14H,13H2,1H3/t4-/m1/s1. The van der Waals surface area contributed by atoms with E-state index in [1.807, 2.05) is 0 Å². The molecule has 0 amide bonds. The van der Waals surface area contributed by atoms with E-state index in [1.54, 1.807) is 0 Å². The second kappa shape index (κ2) is 3.60. The van der Waals surface area contributed by atoms with Crippen LogP contribution in [0.4, 0.5) is 8.78 Å². The highest BCUT2D eigenvalue weighted by Crippen LogP contribution is 2.29. The minimum absolute atomic E-state index is 0.0143. The number of hydrogen-bond donors (Lipinski definition) is 2. The van der Waals surface area contributed by atoms with Gasteiger partial charge in [0.05, 0.1) is 5.56 Å². The highest BCUT2D eigenvalue weighted by Gasteiger charge is 2.19. The number of nitrogens with zero attached hydrogens (tertiary/aromatic N) is 1. The van der Waals surface area contributed by atoms with Gasteiger partial charge in [-0.1, -0.05) is 0 Å². The lowest BCUT2D eigenvalue weighted by Crippen LogP contribution is -2.07. The Hall–Kier alpha value is -1.67. The molecule has 0 spiro atoms. The molecule has 0 aliphatic carbocycles. The lowest BCUT2D eigenvalue weighted by Gasteiger charge is -2.10. The monoisotopic (exact) mass is 198 g/mol. The van der Waals surface area contributed by atoms with Gasteiger partial charge >= 0.3 is 0 Å². The minimum Gasteiger partial charge on any atom is -0.505 e. The topological polar surface area (TPSA) is 70.0 Å². The number of aromatic hydroxyl groups is 1. The van der Waals surface area contributed by atoms with Gasteiger partial charge in [0.15, 0.2) is 11.6 Å². The molecule has 1 aromatic rings. The van der Waals surface area contributed by atoms with Crippen molar-refractivity contribution >= 4 is 0 Å². The molecule has 1 aromatic carbocycles. The summed E-state index contributed by atoms with van der Waals surface area (Å²) in [5, 5.41) is 17.6. The molecule has 74 valence electrons. The Labute approximate surface area is 79.4 Å². The number of phenolic OH excluding ortho intramolecular Hbond substituents is 1. The summed E-state index contributed by atoms with van der Waals surface area (Å²) in [4.78, 5) is 0. The Kier molecular flexibility index (Phi) is 2.68. The number of hydrogen-bond acceptors (Lipinski definition) is 3. The molecule has 14 heavy (non-hydrogen) atoms. The molecule has 0 saturated carbocycles. The van der Waals surface area contributed by atoms with Crippen LogP contribution in [0.1, 0.15) is 24.1 Å². The maximum Gasteiger partial charge on any atom is 0.202 e. The van der Waals surface area contributed by atoms with Gasteiger partial charge in [-0.2, -0.15) is 9.65 Å². The maximum atomic E-state index is 13.0. The molecular weight excluding hydrogens is 190 g/mol. The van der Waals surface area contributed by atoms with Crippen LogP contribution in [0.15, 0.2) is 6.07 Å². The molecule has 3 nitrogen and oxygen atoms in total. The first-order valence-corrected chi connectivity index (χ1v) is 3.85. The maximum absolute atomic E-state index is 13.0. The lowest BCUT2D eigenvalue weighted by molar-refractivity contribution is 0.397. The SMILES string of the molecule is C[C@@H](N)c1cc(C#N)c(F)c(F)c1O. The van der Waals surface area contributed by atoms with Crippen LogP contribution in [-0.2, 0) is 0 Å². The largest absolute Gasteiger partial charge is 0.505 e. The highest BCUT2D eigenvalue weighted by atomic mass is 19.2. The van der Waals surface area contributed by atoms with Crippen LogP contribution in [0.2, 0.25) is 0 Å². The van der Waals surface area contributed by atoms with Gasteiger partial charge in [-0.3, -0.25) is 0 Å². The molecule has 0 aliphatic rings. The van der Waals surface area contributed by atoms with E-state index in [0.717, 1.165) is 6.07 Å². The summed E-state index contributed by atoms with van der Waals surface area (Å²) < 4.78 is 25.9. The van der Waals surface area contributed by atoms with Gasteiger partial charge in [-0.15, -0.1) is 0 Å². The van der Waals surface area contributed by atoms with Gasteiger partial charge in [0, 0.05) is 11.6 Å². The fourth-order valence-corrected chi connectivity index (χ4v) is 1.06. The lowest BCUT2D eigenvalue weighted by atomic mass is 10.0.